The van der Waals surface area contributed by atoms with Gasteiger partial charge in [-0.1, -0.05) is 30.3 Å². The third-order valence-electron chi connectivity index (χ3n) is 3.71. The molecule has 1 aliphatic rings. The summed E-state index contributed by atoms with van der Waals surface area (Å²) in [5.74, 6) is 0.176. The van der Waals surface area contributed by atoms with E-state index in [1.807, 2.05) is 18.2 Å². The molecule has 3 rings (SSSR count). The van der Waals surface area contributed by atoms with Crippen molar-refractivity contribution in [3.05, 3.63) is 59.9 Å². The Balaban J connectivity index is 1.61. The van der Waals surface area contributed by atoms with Crippen molar-refractivity contribution in [1.29, 1.82) is 0 Å². The number of rotatable bonds is 4. The van der Waals surface area contributed by atoms with Gasteiger partial charge in [0.2, 0.25) is 0 Å². The van der Waals surface area contributed by atoms with Crippen LogP contribution in [-0.2, 0) is 4.74 Å². The number of benzene rings is 1. The first kappa shape index (κ1) is 13.7. The van der Waals surface area contributed by atoms with Crippen molar-refractivity contribution < 1.29 is 9.53 Å². The fraction of sp³-hybridized carbons (Fsp3) is 0.312. The summed E-state index contributed by atoms with van der Waals surface area (Å²) in [5.41, 5.74) is 1.69. The van der Waals surface area contributed by atoms with E-state index in [1.54, 1.807) is 6.07 Å². The fourth-order valence-electron chi connectivity index (χ4n) is 2.60. The number of nitrogens with zero attached hydrogens (tertiary/aromatic N) is 2. The van der Waals surface area contributed by atoms with Crippen molar-refractivity contribution in [2.75, 3.05) is 13.2 Å². The summed E-state index contributed by atoms with van der Waals surface area (Å²) < 4.78 is 5.82. The van der Waals surface area contributed by atoms with Crippen LogP contribution in [0, 0.1) is 5.92 Å². The maximum absolute atomic E-state index is 12.0. The van der Waals surface area contributed by atoms with Crippen molar-refractivity contribution >= 4 is 5.91 Å². The predicted molar refractivity (Wildman–Crippen MR) is 77.6 cm³/mol. The van der Waals surface area contributed by atoms with Crippen LogP contribution in [0.5, 0.6) is 0 Å². The average Bonchev–Trinajstić information content (AvgIpc) is 3.03. The smallest absolute Gasteiger partial charge is 0.252 e. The lowest BCUT2D eigenvalue weighted by Gasteiger charge is -2.19. The van der Waals surface area contributed by atoms with E-state index in [4.69, 9.17) is 4.74 Å². The molecule has 1 N–H and O–H groups in total. The molecular weight excluding hydrogens is 266 g/mol. The third kappa shape index (κ3) is 3.25. The molecule has 1 aliphatic heterocycles. The first-order chi connectivity index (χ1) is 10.3. The molecule has 21 heavy (non-hydrogen) atoms. The zero-order valence-electron chi connectivity index (χ0n) is 11.6. The lowest BCUT2D eigenvalue weighted by atomic mass is 9.95. The van der Waals surface area contributed by atoms with Crippen molar-refractivity contribution in [3.8, 4) is 0 Å². The quantitative estimate of drug-likeness (QED) is 0.932. The summed E-state index contributed by atoms with van der Waals surface area (Å²) in [6.07, 6.45) is 3.99. The van der Waals surface area contributed by atoms with Crippen molar-refractivity contribution in [3.63, 3.8) is 0 Å². The molecule has 0 saturated carbocycles. The molecule has 1 aromatic carbocycles. The maximum atomic E-state index is 12.0. The number of hydrogen-bond acceptors (Lipinski definition) is 4. The van der Waals surface area contributed by atoms with Crippen LogP contribution in [0.15, 0.2) is 48.8 Å². The van der Waals surface area contributed by atoms with Gasteiger partial charge in [-0.15, -0.1) is 0 Å². The number of ether oxygens (including phenoxy) is 1. The minimum Gasteiger partial charge on any atom is -0.373 e. The Hall–Kier alpha value is -2.27. The van der Waals surface area contributed by atoms with Gasteiger partial charge in [-0.25, -0.2) is 0 Å². The van der Waals surface area contributed by atoms with E-state index < -0.39 is 0 Å². The van der Waals surface area contributed by atoms with Crippen LogP contribution in [0.3, 0.4) is 0 Å². The number of hydrogen-bond donors (Lipinski definition) is 1. The standard InChI is InChI=1S/C16H17N3O2/c20-16(14-6-8-18-19-11-14)17-10-13-7-9-21-15(13)12-4-2-1-3-5-12/h1-6,8,11,13,15H,7,9-10H2,(H,17,20)/t13-,15-/m1/s1. The van der Waals surface area contributed by atoms with Gasteiger partial charge in [0.1, 0.15) is 0 Å². The number of amides is 1. The summed E-state index contributed by atoms with van der Waals surface area (Å²) in [6, 6.07) is 11.8. The molecule has 1 amide bonds. The van der Waals surface area contributed by atoms with Gasteiger partial charge in [-0.3, -0.25) is 4.79 Å². The molecule has 108 valence electrons. The van der Waals surface area contributed by atoms with Crippen LogP contribution in [0.2, 0.25) is 0 Å². The molecule has 5 nitrogen and oxygen atoms in total. The number of carbonyl (C=O) groups is 1. The third-order valence-corrected chi connectivity index (χ3v) is 3.71. The summed E-state index contributed by atoms with van der Waals surface area (Å²) in [6.45, 7) is 1.33. The average molecular weight is 283 g/mol. The molecule has 1 fully saturated rings. The summed E-state index contributed by atoms with van der Waals surface area (Å²) in [5, 5.41) is 10.3. The minimum absolute atomic E-state index is 0.0575. The van der Waals surface area contributed by atoms with Gasteiger partial charge in [0.25, 0.3) is 5.91 Å². The zero-order valence-corrected chi connectivity index (χ0v) is 11.6. The summed E-state index contributed by atoms with van der Waals surface area (Å²) in [7, 11) is 0. The van der Waals surface area contributed by atoms with Gasteiger partial charge >= 0.3 is 0 Å². The Labute approximate surface area is 123 Å². The Morgan fingerprint density at radius 3 is 2.86 bits per heavy atom. The molecule has 5 heteroatoms. The second-order valence-corrected chi connectivity index (χ2v) is 5.09. The van der Waals surface area contributed by atoms with Gasteiger partial charge in [-0.2, -0.15) is 10.2 Å². The highest BCUT2D eigenvalue weighted by molar-refractivity contribution is 5.93. The number of carbonyl (C=O) groups excluding carboxylic acids is 1. The Morgan fingerprint density at radius 1 is 1.24 bits per heavy atom. The topological polar surface area (TPSA) is 64.1 Å². The van der Waals surface area contributed by atoms with E-state index in [2.05, 4.69) is 27.6 Å². The molecule has 2 atom stereocenters. The summed E-state index contributed by atoms with van der Waals surface area (Å²) in [4.78, 5) is 12.0. The lowest BCUT2D eigenvalue weighted by Crippen LogP contribution is -2.30. The SMILES string of the molecule is O=C(NC[C@H]1CCO[C@@H]1c1ccccc1)c1ccnnc1. The second-order valence-electron chi connectivity index (χ2n) is 5.09. The molecule has 0 aliphatic carbocycles. The molecular formula is C16H17N3O2. The lowest BCUT2D eigenvalue weighted by molar-refractivity contribution is 0.0846. The van der Waals surface area contributed by atoms with Crippen LogP contribution in [0.4, 0.5) is 0 Å². The fourth-order valence-corrected chi connectivity index (χ4v) is 2.60. The summed E-state index contributed by atoms with van der Waals surface area (Å²) >= 11 is 0. The molecule has 0 radical (unpaired) electrons. The van der Waals surface area contributed by atoms with Gasteiger partial charge in [0.15, 0.2) is 0 Å². The Morgan fingerprint density at radius 2 is 2.10 bits per heavy atom. The first-order valence-corrected chi connectivity index (χ1v) is 7.06. The van der Waals surface area contributed by atoms with Crippen LogP contribution in [0.1, 0.15) is 28.4 Å². The molecule has 0 spiro atoms. The number of aromatic nitrogens is 2. The van der Waals surface area contributed by atoms with E-state index in [-0.39, 0.29) is 12.0 Å². The monoisotopic (exact) mass is 283 g/mol. The molecule has 2 heterocycles. The highest BCUT2D eigenvalue weighted by Gasteiger charge is 2.29. The highest BCUT2D eigenvalue weighted by atomic mass is 16.5. The Kier molecular flexibility index (Phi) is 4.21. The molecule has 1 saturated heterocycles. The second kappa shape index (κ2) is 6.45. The van der Waals surface area contributed by atoms with E-state index in [0.29, 0.717) is 18.0 Å². The maximum Gasteiger partial charge on any atom is 0.252 e. The van der Waals surface area contributed by atoms with E-state index in [9.17, 15) is 4.79 Å². The minimum atomic E-state index is -0.122. The normalized spacial score (nSPS) is 21.1. The van der Waals surface area contributed by atoms with E-state index in [0.717, 1.165) is 13.0 Å². The van der Waals surface area contributed by atoms with Crippen LogP contribution in [0.25, 0.3) is 0 Å². The molecule has 0 bridgehead atoms. The van der Waals surface area contributed by atoms with Crippen LogP contribution >= 0.6 is 0 Å². The molecule has 1 aromatic heterocycles. The first-order valence-electron chi connectivity index (χ1n) is 7.06. The Bertz CT molecular complexity index is 589. The molecule has 0 unspecified atom stereocenters. The molecule has 2 aromatic rings. The van der Waals surface area contributed by atoms with E-state index in [1.165, 1.54) is 18.0 Å². The number of nitrogens with one attached hydrogen (secondary N) is 1. The largest absolute Gasteiger partial charge is 0.373 e. The predicted octanol–water partition coefficient (Wildman–Crippen LogP) is 1.98. The van der Waals surface area contributed by atoms with Crippen molar-refractivity contribution in [2.45, 2.75) is 12.5 Å². The van der Waals surface area contributed by atoms with Gasteiger partial charge < -0.3 is 10.1 Å². The van der Waals surface area contributed by atoms with Gasteiger partial charge in [0, 0.05) is 19.1 Å². The van der Waals surface area contributed by atoms with Crippen molar-refractivity contribution in [2.24, 2.45) is 5.92 Å². The van der Waals surface area contributed by atoms with Crippen molar-refractivity contribution in [1.82, 2.24) is 15.5 Å². The van der Waals surface area contributed by atoms with Crippen LogP contribution in [-0.4, -0.2) is 29.3 Å². The van der Waals surface area contributed by atoms with Gasteiger partial charge in [-0.05, 0) is 18.1 Å². The van der Waals surface area contributed by atoms with E-state index >= 15 is 0 Å². The zero-order chi connectivity index (χ0) is 14.5. The highest BCUT2D eigenvalue weighted by Crippen LogP contribution is 2.33. The van der Waals surface area contributed by atoms with Gasteiger partial charge in [0.05, 0.1) is 24.1 Å². The van der Waals surface area contributed by atoms with Crippen LogP contribution < -0.4 is 5.32 Å².